The molecule has 1 N–H and O–H groups in total. The third-order valence-corrected chi connectivity index (χ3v) is 4.88. The van der Waals surface area contributed by atoms with Crippen molar-refractivity contribution in [1.29, 1.82) is 0 Å². The number of benzene rings is 1. The normalized spacial score (nSPS) is 17.3. The van der Waals surface area contributed by atoms with Gasteiger partial charge in [-0.05, 0) is 37.8 Å². The standard InChI is InChI=1S/C18H22N4O/c1-13-5-2-3-7-15(13)22-16-8-4-6-14(16)17(20-22)18(23)21-11-9-19-10-12-21/h2-3,5,7,19H,4,6,8-12H2,1H3. The van der Waals surface area contributed by atoms with Crippen LogP contribution >= 0.6 is 0 Å². The summed E-state index contributed by atoms with van der Waals surface area (Å²) in [7, 11) is 0. The van der Waals surface area contributed by atoms with E-state index in [-0.39, 0.29) is 5.91 Å². The molecule has 1 aliphatic carbocycles. The van der Waals surface area contributed by atoms with E-state index in [1.807, 2.05) is 21.7 Å². The van der Waals surface area contributed by atoms with E-state index < -0.39 is 0 Å². The van der Waals surface area contributed by atoms with Gasteiger partial charge in [-0.1, -0.05) is 18.2 Å². The number of hydrogen-bond donors (Lipinski definition) is 1. The van der Waals surface area contributed by atoms with Gasteiger partial charge >= 0.3 is 0 Å². The van der Waals surface area contributed by atoms with Crippen LogP contribution in [0.4, 0.5) is 0 Å². The van der Waals surface area contributed by atoms with Crippen LogP contribution in [-0.4, -0.2) is 46.8 Å². The second-order valence-corrected chi connectivity index (χ2v) is 6.37. The maximum Gasteiger partial charge on any atom is 0.274 e. The fourth-order valence-electron chi connectivity index (χ4n) is 3.63. The highest BCUT2D eigenvalue weighted by Crippen LogP contribution is 2.29. The maximum absolute atomic E-state index is 12.9. The number of carbonyl (C=O) groups is 1. The Labute approximate surface area is 136 Å². The molecule has 0 spiro atoms. The summed E-state index contributed by atoms with van der Waals surface area (Å²) in [5.74, 6) is 0.0944. The number of para-hydroxylation sites is 1. The van der Waals surface area contributed by atoms with Gasteiger partial charge in [0.15, 0.2) is 5.69 Å². The number of piperazine rings is 1. The first-order valence-electron chi connectivity index (χ1n) is 8.42. The summed E-state index contributed by atoms with van der Waals surface area (Å²) in [4.78, 5) is 14.8. The zero-order chi connectivity index (χ0) is 15.8. The lowest BCUT2D eigenvalue weighted by atomic mass is 10.1. The molecule has 0 radical (unpaired) electrons. The number of aromatic nitrogens is 2. The fourth-order valence-corrected chi connectivity index (χ4v) is 3.63. The molecule has 1 fully saturated rings. The Morgan fingerprint density at radius 3 is 2.74 bits per heavy atom. The van der Waals surface area contributed by atoms with Crippen molar-refractivity contribution in [1.82, 2.24) is 20.0 Å². The summed E-state index contributed by atoms with van der Waals surface area (Å²) in [5.41, 5.74) is 5.33. The van der Waals surface area contributed by atoms with Gasteiger partial charge in [0, 0.05) is 37.4 Å². The van der Waals surface area contributed by atoms with Crippen LogP contribution in [0.5, 0.6) is 0 Å². The smallest absolute Gasteiger partial charge is 0.274 e. The topological polar surface area (TPSA) is 50.2 Å². The molecule has 5 nitrogen and oxygen atoms in total. The van der Waals surface area contributed by atoms with E-state index in [2.05, 4.69) is 24.4 Å². The van der Waals surface area contributed by atoms with Crippen molar-refractivity contribution in [3.05, 3.63) is 46.8 Å². The lowest BCUT2D eigenvalue weighted by Crippen LogP contribution is -2.46. The van der Waals surface area contributed by atoms with Gasteiger partial charge in [-0.25, -0.2) is 4.68 Å². The van der Waals surface area contributed by atoms with Crippen LogP contribution < -0.4 is 5.32 Å². The number of rotatable bonds is 2. The lowest BCUT2D eigenvalue weighted by molar-refractivity contribution is 0.0728. The minimum atomic E-state index is 0.0944. The Hall–Kier alpha value is -2.14. The largest absolute Gasteiger partial charge is 0.335 e. The third-order valence-electron chi connectivity index (χ3n) is 4.88. The summed E-state index contributed by atoms with van der Waals surface area (Å²) in [5, 5.41) is 8.04. The van der Waals surface area contributed by atoms with Crippen molar-refractivity contribution >= 4 is 5.91 Å². The molecule has 1 aromatic carbocycles. The quantitative estimate of drug-likeness (QED) is 0.919. The SMILES string of the molecule is Cc1ccccc1-n1nc(C(=O)N2CCNCC2)c2c1CCC2. The van der Waals surface area contributed by atoms with Crippen molar-refractivity contribution in [3.63, 3.8) is 0 Å². The average molecular weight is 310 g/mol. The minimum Gasteiger partial charge on any atom is -0.335 e. The highest BCUT2D eigenvalue weighted by molar-refractivity contribution is 5.94. The zero-order valence-corrected chi connectivity index (χ0v) is 13.5. The molecule has 1 aliphatic heterocycles. The number of fused-ring (bicyclic) bond motifs is 1. The summed E-state index contributed by atoms with van der Waals surface area (Å²) in [6, 6.07) is 8.24. The summed E-state index contributed by atoms with van der Waals surface area (Å²) in [6.45, 7) is 5.37. The molecular formula is C18H22N4O. The minimum absolute atomic E-state index is 0.0944. The van der Waals surface area contributed by atoms with Crippen molar-refractivity contribution in [3.8, 4) is 5.69 Å². The first-order chi connectivity index (χ1) is 11.3. The Balaban J connectivity index is 1.76. The van der Waals surface area contributed by atoms with E-state index >= 15 is 0 Å². The highest BCUT2D eigenvalue weighted by atomic mass is 16.2. The molecule has 0 bridgehead atoms. The predicted molar refractivity (Wildman–Crippen MR) is 89.1 cm³/mol. The Morgan fingerprint density at radius 1 is 1.17 bits per heavy atom. The van der Waals surface area contributed by atoms with Crippen molar-refractivity contribution in [2.45, 2.75) is 26.2 Å². The molecule has 0 saturated carbocycles. The van der Waals surface area contributed by atoms with E-state index in [9.17, 15) is 4.79 Å². The molecule has 23 heavy (non-hydrogen) atoms. The van der Waals surface area contributed by atoms with Gasteiger partial charge in [0.1, 0.15) is 0 Å². The molecule has 2 aliphatic rings. The summed E-state index contributed by atoms with van der Waals surface area (Å²) in [6.07, 6.45) is 3.08. The third kappa shape index (κ3) is 2.45. The van der Waals surface area contributed by atoms with Crippen LogP contribution in [0.25, 0.3) is 5.69 Å². The molecule has 0 unspecified atom stereocenters. The zero-order valence-electron chi connectivity index (χ0n) is 13.5. The van der Waals surface area contributed by atoms with Crippen LogP contribution in [0.2, 0.25) is 0 Å². The molecule has 1 amide bonds. The molecule has 2 heterocycles. The van der Waals surface area contributed by atoms with E-state index in [1.54, 1.807) is 0 Å². The Bertz CT molecular complexity index is 743. The van der Waals surface area contributed by atoms with E-state index in [4.69, 9.17) is 5.10 Å². The molecule has 120 valence electrons. The fraction of sp³-hybridized carbons (Fsp3) is 0.444. The van der Waals surface area contributed by atoms with Crippen molar-refractivity contribution in [2.24, 2.45) is 0 Å². The summed E-state index contributed by atoms with van der Waals surface area (Å²) >= 11 is 0. The Morgan fingerprint density at radius 2 is 1.96 bits per heavy atom. The number of aryl methyl sites for hydroxylation is 1. The number of carbonyl (C=O) groups excluding carboxylic acids is 1. The van der Waals surface area contributed by atoms with Gasteiger partial charge in [0.25, 0.3) is 5.91 Å². The van der Waals surface area contributed by atoms with E-state index in [0.717, 1.165) is 56.7 Å². The van der Waals surface area contributed by atoms with Crippen LogP contribution in [0.15, 0.2) is 24.3 Å². The van der Waals surface area contributed by atoms with Gasteiger partial charge in [0.05, 0.1) is 5.69 Å². The van der Waals surface area contributed by atoms with Crippen molar-refractivity contribution in [2.75, 3.05) is 26.2 Å². The van der Waals surface area contributed by atoms with Crippen LogP contribution in [0.1, 0.15) is 33.7 Å². The molecule has 4 rings (SSSR count). The first kappa shape index (κ1) is 14.5. The van der Waals surface area contributed by atoms with Gasteiger partial charge in [-0.3, -0.25) is 4.79 Å². The number of nitrogens with zero attached hydrogens (tertiary/aromatic N) is 3. The van der Waals surface area contributed by atoms with Crippen LogP contribution in [-0.2, 0) is 12.8 Å². The van der Waals surface area contributed by atoms with Crippen LogP contribution in [0.3, 0.4) is 0 Å². The lowest BCUT2D eigenvalue weighted by Gasteiger charge is -2.26. The Kier molecular flexibility index (Phi) is 3.65. The van der Waals surface area contributed by atoms with Gasteiger partial charge < -0.3 is 10.2 Å². The first-order valence-corrected chi connectivity index (χ1v) is 8.42. The molecule has 1 saturated heterocycles. The van der Waals surface area contributed by atoms with Gasteiger partial charge in [0.2, 0.25) is 0 Å². The number of hydrogen-bond acceptors (Lipinski definition) is 3. The molecule has 5 heteroatoms. The predicted octanol–water partition coefficient (Wildman–Crippen LogP) is 1.71. The molecule has 0 atom stereocenters. The maximum atomic E-state index is 12.9. The average Bonchev–Trinajstić information content (AvgIpc) is 3.18. The molecule has 1 aromatic heterocycles. The van der Waals surface area contributed by atoms with Crippen LogP contribution in [0, 0.1) is 6.92 Å². The van der Waals surface area contributed by atoms with E-state index in [0.29, 0.717) is 5.69 Å². The van der Waals surface area contributed by atoms with Gasteiger partial charge in [-0.15, -0.1) is 0 Å². The number of nitrogens with one attached hydrogen (secondary N) is 1. The van der Waals surface area contributed by atoms with E-state index in [1.165, 1.54) is 11.3 Å². The molecule has 2 aromatic rings. The monoisotopic (exact) mass is 310 g/mol. The highest BCUT2D eigenvalue weighted by Gasteiger charge is 2.30. The molecular weight excluding hydrogens is 288 g/mol. The second-order valence-electron chi connectivity index (χ2n) is 6.37. The summed E-state index contributed by atoms with van der Waals surface area (Å²) < 4.78 is 2.01. The van der Waals surface area contributed by atoms with Crippen molar-refractivity contribution < 1.29 is 4.79 Å². The second kappa shape index (κ2) is 5.81. The number of amides is 1. The van der Waals surface area contributed by atoms with Gasteiger partial charge in [-0.2, -0.15) is 5.10 Å².